The van der Waals surface area contributed by atoms with Crippen LogP contribution >= 0.6 is 11.3 Å². The SMILES string of the molecule is CCN(CC)CCN(C(=O)c1nn(C)cc1C)c1nc2c(C)ccc(C)c2s1. The molecule has 0 aliphatic heterocycles. The predicted molar refractivity (Wildman–Crippen MR) is 117 cm³/mol. The zero-order valence-electron chi connectivity index (χ0n) is 17.6. The van der Waals surface area contributed by atoms with Crippen molar-refractivity contribution in [1.82, 2.24) is 19.7 Å². The molecular weight excluding hydrogens is 370 g/mol. The van der Waals surface area contributed by atoms with Gasteiger partial charge in [0, 0.05) is 31.9 Å². The maximum absolute atomic E-state index is 13.4. The second kappa shape index (κ2) is 8.41. The fraction of sp³-hybridized carbons (Fsp3) is 0.476. The molecule has 0 radical (unpaired) electrons. The largest absolute Gasteiger partial charge is 0.302 e. The van der Waals surface area contributed by atoms with E-state index in [9.17, 15) is 4.79 Å². The summed E-state index contributed by atoms with van der Waals surface area (Å²) >= 11 is 1.59. The number of nitrogens with zero attached hydrogens (tertiary/aromatic N) is 5. The van der Waals surface area contributed by atoms with E-state index in [1.807, 2.05) is 20.2 Å². The second-order valence-electron chi connectivity index (χ2n) is 7.19. The van der Waals surface area contributed by atoms with Gasteiger partial charge in [-0.05, 0) is 45.0 Å². The van der Waals surface area contributed by atoms with Crippen LogP contribution in [-0.4, -0.2) is 51.8 Å². The summed E-state index contributed by atoms with van der Waals surface area (Å²) in [5, 5.41) is 5.15. The van der Waals surface area contributed by atoms with E-state index >= 15 is 0 Å². The molecule has 0 atom stereocenters. The van der Waals surface area contributed by atoms with E-state index in [2.05, 4.69) is 49.8 Å². The molecule has 0 saturated heterocycles. The number of likely N-dealkylation sites (N-methyl/N-ethyl adjacent to an activating group) is 1. The highest BCUT2D eigenvalue weighted by atomic mass is 32.1. The Morgan fingerprint density at radius 1 is 1.07 bits per heavy atom. The van der Waals surface area contributed by atoms with Gasteiger partial charge in [-0.2, -0.15) is 5.10 Å². The van der Waals surface area contributed by atoms with E-state index < -0.39 is 0 Å². The summed E-state index contributed by atoms with van der Waals surface area (Å²) in [6.45, 7) is 13.7. The van der Waals surface area contributed by atoms with Crippen molar-refractivity contribution >= 4 is 32.6 Å². The second-order valence-corrected chi connectivity index (χ2v) is 8.17. The van der Waals surface area contributed by atoms with Gasteiger partial charge in [-0.15, -0.1) is 0 Å². The minimum Gasteiger partial charge on any atom is -0.302 e. The molecule has 0 aliphatic carbocycles. The molecule has 1 amide bonds. The van der Waals surface area contributed by atoms with Crippen LogP contribution in [-0.2, 0) is 7.05 Å². The zero-order chi connectivity index (χ0) is 20.4. The van der Waals surface area contributed by atoms with Crippen LogP contribution in [0.2, 0.25) is 0 Å². The number of aryl methyl sites for hydroxylation is 4. The highest BCUT2D eigenvalue weighted by molar-refractivity contribution is 7.22. The number of carbonyl (C=O) groups is 1. The van der Waals surface area contributed by atoms with Crippen LogP contribution in [0.3, 0.4) is 0 Å². The van der Waals surface area contributed by atoms with Crippen LogP contribution in [0, 0.1) is 20.8 Å². The summed E-state index contributed by atoms with van der Waals surface area (Å²) in [4.78, 5) is 22.4. The first-order valence-electron chi connectivity index (χ1n) is 9.76. The third-order valence-corrected chi connectivity index (χ3v) is 6.37. The monoisotopic (exact) mass is 399 g/mol. The van der Waals surface area contributed by atoms with Crippen LogP contribution < -0.4 is 4.90 Å². The fourth-order valence-electron chi connectivity index (χ4n) is 3.37. The van der Waals surface area contributed by atoms with Gasteiger partial charge in [0.05, 0.1) is 10.2 Å². The Morgan fingerprint density at radius 2 is 1.75 bits per heavy atom. The molecule has 3 rings (SSSR count). The number of amides is 1. The first-order chi connectivity index (χ1) is 13.3. The standard InChI is InChI=1S/C21H29N5OS/c1-7-25(8-2)11-12-26(20(27)18-16(5)13-24(6)23-18)21-22-17-14(3)9-10-15(4)19(17)28-21/h9-10,13H,7-8,11-12H2,1-6H3. The van der Waals surface area contributed by atoms with Crippen molar-refractivity contribution < 1.29 is 4.79 Å². The number of benzene rings is 1. The van der Waals surface area contributed by atoms with Gasteiger partial charge >= 0.3 is 0 Å². The Morgan fingerprint density at radius 3 is 2.32 bits per heavy atom. The third kappa shape index (κ3) is 3.95. The Hall–Kier alpha value is -2.25. The van der Waals surface area contributed by atoms with Crippen molar-refractivity contribution in [3.8, 4) is 0 Å². The minimum absolute atomic E-state index is 0.0837. The lowest BCUT2D eigenvalue weighted by molar-refractivity contribution is 0.0977. The Bertz CT molecular complexity index is 947. The fourth-order valence-corrected chi connectivity index (χ4v) is 4.51. The predicted octanol–water partition coefficient (Wildman–Crippen LogP) is 3.94. The van der Waals surface area contributed by atoms with Gasteiger partial charge in [-0.25, -0.2) is 4.98 Å². The molecule has 6 nitrogen and oxygen atoms in total. The summed E-state index contributed by atoms with van der Waals surface area (Å²) in [6.07, 6.45) is 1.88. The highest BCUT2D eigenvalue weighted by Gasteiger charge is 2.25. The van der Waals surface area contributed by atoms with E-state index in [4.69, 9.17) is 4.98 Å². The van der Waals surface area contributed by atoms with E-state index in [0.717, 1.165) is 46.1 Å². The minimum atomic E-state index is -0.0837. The normalized spacial score (nSPS) is 11.5. The average molecular weight is 400 g/mol. The molecule has 3 aromatic rings. The van der Waals surface area contributed by atoms with Gasteiger partial charge in [0.1, 0.15) is 0 Å². The Kier molecular flexibility index (Phi) is 6.15. The number of thiazole rings is 1. The summed E-state index contributed by atoms with van der Waals surface area (Å²) < 4.78 is 2.84. The third-order valence-electron chi connectivity index (χ3n) is 5.16. The van der Waals surface area contributed by atoms with E-state index in [1.54, 1.807) is 20.9 Å². The topological polar surface area (TPSA) is 54.3 Å². The molecule has 0 bridgehead atoms. The van der Waals surface area contributed by atoms with E-state index in [0.29, 0.717) is 12.2 Å². The van der Waals surface area contributed by atoms with Crippen LogP contribution in [0.5, 0.6) is 0 Å². The Labute approximate surface area is 170 Å². The maximum Gasteiger partial charge on any atom is 0.280 e. The number of aromatic nitrogens is 3. The molecule has 0 fully saturated rings. The lowest BCUT2D eigenvalue weighted by atomic mass is 10.1. The van der Waals surface area contributed by atoms with E-state index in [-0.39, 0.29) is 5.91 Å². The number of fused-ring (bicyclic) bond motifs is 1. The summed E-state index contributed by atoms with van der Waals surface area (Å²) in [5.41, 5.74) is 4.68. The molecule has 2 aromatic heterocycles. The zero-order valence-corrected chi connectivity index (χ0v) is 18.4. The van der Waals surface area contributed by atoms with Gasteiger partial charge < -0.3 is 4.90 Å². The molecular formula is C21H29N5OS. The molecule has 7 heteroatoms. The Balaban J connectivity index is 2.03. The van der Waals surface area contributed by atoms with E-state index in [1.165, 1.54) is 5.56 Å². The van der Waals surface area contributed by atoms with Gasteiger partial charge in [0.15, 0.2) is 10.8 Å². The van der Waals surface area contributed by atoms with Crippen LogP contribution in [0.25, 0.3) is 10.2 Å². The van der Waals surface area contributed by atoms with Crippen LogP contribution in [0.15, 0.2) is 18.3 Å². The van der Waals surface area contributed by atoms with Crippen molar-refractivity contribution in [3.63, 3.8) is 0 Å². The van der Waals surface area contributed by atoms with Gasteiger partial charge in [0.2, 0.25) is 0 Å². The quantitative estimate of drug-likeness (QED) is 0.604. The first-order valence-corrected chi connectivity index (χ1v) is 10.6. The van der Waals surface area contributed by atoms with Crippen molar-refractivity contribution in [3.05, 3.63) is 40.7 Å². The van der Waals surface area contributed by atoms with Gasteiger partial charge in [0.25, 0.3) is 5.91 Å². The van der Waals surface area contributed by atoms with Crippen molar-refractivity contribution in [2.75, 3.05) is 31.1 Å². The maximum atomic E-state index is 13.4. The average Bonchev–Trinajstić information content (AvgIpc) is 3.26. The molecule has 0 aliphatic rings. The molecule has 2 heterocycles. The van der Waals surface area contributed by atoms with Crippen molar-refractivity contribution in [2.45, 2.75) is 34.6 Å². The summed E-state index contributed by atoms with van der Waals surface area (Å²) in [7, 11) is 1.84. The van der Waals surface area contributed by atoms with Crippen molar-refractivity contribution in [1.29, 1.82) is 0 Å². The molecule has 0 spiro atoms. The molecule has 0 N–H and O–H groups in total. The number of hydrogen-bond acceptors (Lipinski definition) is 5. The lowest BCUT2D eigenvalue weighted by Crippen LogP contribution is -2.39. The highest BCUT2D eigenvalue weighted by Crippen LogP contribution is 2.33. The lowest BCUT2D eigenvalue weighted by Gasteiger charge is -2.24. The molecule has 150 valence electrons. The van der Waals surface area contributed by atoms with Crippen molar-refractivity contribution in [2.24, 2.45) is 7.05 Å². The number of carbonyl (C=O) groups excluding carboxylic acids is 1. The molecule has 28 heavy (non-hydrogen) atoms. The first kappa shape index (κ1) is 20.5. The molecule has 1 aromatic carbocycles. The summed E-state index contributed by atoms with van der Waals surface area (Å²) in [5.74, 6) is -0.0837. The number of rotatable bonds is 7. The smallest absolute Gasteiger partial charge is 0.280 e. The number of anilines is 1. The number of hydrogen-bond donors (Lipinski definition) is 0. The van der Waals surface area contributed by atoms with Gasteiger partial charge in [-0.1, -0.05) is 37.3 Å². The molecule has 0 saturated carbocycles. The van der Waals surface area contributed by atoms with Crippen LogP contribution in [0.4, 0.5) is 5.13 Å². The summed E-state index contributed by atoms with van der Waals surface area (Å²) in [6, 6.07) is 4.21. The van der Waals surface area contributed by atoms with Gasteiger partial charge in [-0.3, -0.25) is 14.4 Å². The molecule has 0 unspecified atom stereocenters. The van der Waals surface area contributed by atoms with Crippen LogP contribution in [0.1, 0.15) is 41.0 Å².